The maximum atomic E-state index is 12.1. The lowest BCUT2D eigenvalue weighted by Crippen LogP contribution is -2.13. The molecule has 0 atom stereocenters. The molecular weight excluding hydrogens is 397 g/mol. The van der Waals surface area contributed by atoms with E-state index in [1.165, 1.54) is 12.3 Å². The van der Waals surface area contributed by atoms with E-state index in [1.54, 1.807) is 6.07 Å². The Morgan fingerprint density at radius 2 is 2.05 bits per heavy atom. The van der Waals surface area contributed by atoms with E-state index in [0.29, 0.717) is 5.69 Å². The van der Waals surface area contributed by atoms with Crippen molar-refractivity contribution < 1.29 is 4.79 Å². The van der Waals surface area contributed by atoms with Crippen molar-refractivity contribution in [3.63, 3.8) is 0 Å². The zero-order valence-electron chi connectivity index (χ0n) is 9.45. The summed E-state index contributed by atoms with van der Waals surface area (Å²) in [5.74, 6) is -0.110. The number of nitrogens with zero attached hydrogens (tertiary/aromatic N) is 1. The average Bonchev–Trinajstić information content (AvgIpc) is 2.36. The first-order valence-corrected chi connectivity index (χ1v) is 7.11. The third-order valence-electron chi connectivity index (χ3n) is 2.30. The highest BCUT2D eigenvalue weighted by molar-refractivity contribution is 9.11. The summed E-state index contributed by atoms with van der Waals surface area (Å²) in [7, 11) is 0. The minimum absolute atomic E-state index is 0.239. The number of aromatic nitrogens is 1. The SMILES string of the molecule is Nc1cc(C(=O)Nc2cc(Br)ccc2Br)c(Cl)cn1. The van der Waals surface area contributed by atoms with Crippen molar-refractivity contribution in [1.82, 2.24) is 4.98 Å². The summed E-state index contributed by atoms with van der Waals surface area (Å²) in [5.41, 5.74) is 6.46. The summed E-state index contributed by atoms with van der Waals surface area (Å²) in [4.78, 5) is 15.9. The number of nitrogens with one attached hydrogen (secondary N) is 1. The van der Waals surface area contributed by atoms with Crippen LogP contribution < -0.4 is 11.1 Å². The summed E-state index contributed by atoms with van der Waals surface area (Å²) < 4.78 is 1.62. The van der Waals surface area contributed by atoms with Gasteiger partial charge in [-0.3, -0.25) is 4.79 Å². The highest BCUT2D eigenvalue weighted by Gasteiger charge is 2.13. The Labute approximate surface area is 131 Å². The first-order valence-electron chi connectivity index (χ1n) is 5.15. The Kier molecular flexibility index (Phi) is 4.44. The molecule has 0 saturated heterocycles. The van der Waals surface area contributed by atoms with Crippen molar-refractivity contribution in [1.29, 1.82) is 0 Å². The van der Waals surface area contributed by atoms with Gasteiger partial charge >= 0.3 is 0 Å². The zero-order chi connectivity index (χ0) is 14.0. The number of nitrogen functional groups attached to an aromatic ring is 1. The van der Waals surface area contributed by atoms with E-state index in [2.05, 4.69) is 42.2 Å². The number of carbonyl (C=O) groups excluding carboxylic acids is 1. The molecule has 0 aliphatic rings. The largest absolute Gasteiger partial charge is 0.384 e. The van der Waals surface area contributed by atoms with Crippen LogP contribution in [0.3, 0.4) is 0 Å². The third-order valence-corrected chi connectivity index (χ3v) is 3.78. The fraction of sp³-hybridized carbons (Fsp3) is 0. The van der Waals surface area contributed by atoms with Gasteiger partial charge in [0.05, 0.1) is 16.3 Å². The molecule has 1 amide bonds. The van der Waals surface area contributed by atoms with Gasteiger partial charge in [0.15, 0.2) is 0 Å². The number of hydrogen-bond acceptors (Lipinski definition) is 3. The minimum Gasteiger partial charge on any atom is -0.384 e. The van der Waals surface area contributed by atoms with Crippen LogP contribution in [-0.4, -0.2) is 10.9 Å². The van der Waals surface area contributed by atoms with Crippen LogP contribution in [-0.2, 0) is 0 Å². The standard InChI is InChI=1S/C12H8Br2ClN3O/c13-6-1-2-8(14)10(3-6)18-12(19)7-4-11(16)17-5-9(7)15/h1-5H,(H2,16,17)(H,18,19). The maximum absolute atomic E-state index is 12.1. The lowest BCUT2D eigenvalue weighted by Gasteiger charge is -2.09. The van der Waals surface area contributed by atoms with E-state index in [1.807, 2.05) is 12.1 Å². The average molecular weight is 405 g/mol. The van der Waals surface area contributed by atoms with Gasteiger partial charge in [0.2, 0.25) is 0 Å². The maximum Gasteiger partial charge on any atom is 0.257 e. The van der Waals surface area contributed by atoms with Gasteiger partial charge in [-0.15, -0.1) is 0 Å². The van der Waals surface area contributed by atoms with Gasteiger partial charge in [0.25, 0.3) is 5.91 Å². The molecule has 2 aromatic rings. The smallest absolute Gasteiger partial charge is 0.257 e. The molecule has 0 unspecified atom stereocenters. The Morgan fingerprint density at radius 3 is 2.79 bits per heavy atom. The number of nitrogens with two attached hydrogens (primary N) is 1. The van der Waals surface area contributed by atoms with Gasteiger partial charge in [-0.05, 0) is 40.2 Å². The normalized spacial score (nSPS) is 10.3. The molecule has 0 aliphatic heterocycles. The topological polar surface area (TPSA) is 68.0 Å². The number of hydrogen-bond donors (Lipinski definition) is 2. The highest BCUT2D eigenvalue weighted by atomic mass is 79.9. The Hall–Kier alpha value is -1.11. The molecule has 0 radical (unpaired) electrons. The summed E-state index contributed by atoms with van der Waals surface area (Å²) in [6, 6.07) is 6.89. The molecule has 98 valence electrons. The van der Waals surface area contributed by atoms with E-state index in [4.69, 9.17) is 17.3 Å². The van der Waals surface area contributed by atoms with Crippen molar-refractivity contribution >= 4 is 60.9 Å². The molecule has 0 spiro atoms. The van der Waals surface area contributed by atoms with Gasteiger partial charge in [-0.1, -0.05) is 27.5 Å². The fourth-order valence-corrected chi connectivity index (χ4v) is 2.31. The van der Waals surface area contributed by atoms with Crippen LogP contribution in [0.5, 0.6) is 0 Å². The second-order valence-corrected chi connectivity index (χ2v) is 5.84. The number of pyridine rings is 1. The molecule has 0 fully saturated rings. The van der Waals surface area contributed by atoms with E-state index in [9.17, 15) is 4.79 Å². The molecule has 0 bridgehead atoms. The monoisotopic (exact) mass is 403 g/mol. The Morgan fingerprint density at radius 1 is 1.32 bits per heavy atom. The van der Waals surface area contributed by atoms with Crippen molar-refractivity contribution in [2.45, 2.75) is 0 Å². The molecule has 0 saturated carbocycles. The lowest BCUT2D eigenvalue weighted by atomic mass is 10.2. The summed E-state index contributed by atoms with van der Waals surface area (Å²) in [5, 5.41) is 3.00. The fourth-order valence-electron chi connectivity index (χ4n) is 1.41. The number of amides is 1. The van der Waals surface area contributed by atoms with Crippen molar-refractivity contribution in [3.8, 4) is 0 Å². The zero-order valence-corrected chi connectivity index (χ0v) is 13.4. The Bertz CT molecular complexity index is 649. The molecule has 1 aromatic heterocycles. The number of halogens is 3. The lowest BCUT2D eigenvalue weighted by molar-refractivity contribution is 0.102. The van der Waals surface area contributed by atoms with Crippen LogP contribution in [0.2, 0.25) is 5.02 Å². The van der Waals surface area contributed by atoms with Crippen LogP contribution in [0, 0.1) is 0 Å². The summed E-state index contributed by atoms with van der Waals surface area (Å²) >= 11 is 12.6. The second kappa shape index (κ2) is 5.90. The molecule has 19 heavy (non-hydrogen) atoms. The highest BCUT2D eigenvalue weighted by Crippen LogP contribution is 2.27. The van der Waals surface area contributed by atoms with E-state index in [0.717, 1.165) is 8.95 Å². The van der Waals surface area contributed by atoms with Crippen LogP contribution in [0.1, 0.15) is 10.4 Å². The predicted molar refractivity (Wildman–Crippen MR) is 83.5 cm³/mol. The number of rotatable bonds is 2. The number of anilines is 2. The predicted octanol–water partition coefficient (Wildman–Crippen LogP) is 4.09. The third kappa shape index (κ3) is 3.46. The van der Waals surface area contributed by atoms with Crippen LogP contribution in [0.4, 0.5) is 11.5 Å². The Balaban J connectivity index is 2.30. The van der Waals surface area contributed by atoms with Gasteiger partial charge in [0, 0.05) is 15.1 Å². The van der Waals surface area contributed by atoms with Crippen molar-refractivity contribution in [3.05, 3.63) is 50.0 Å². The van der Waals surface area contributed by atoms with E-state index in [-0.39, 0.29) is 22.3 Å². The number of benzene rings is 1. The van der Waals surface area contributed by atoms with Gasteiger partial charge in [-0.25, -0.2) is 4.98 Å². The van der Waals surface area contributed by atoms with Crippen LogP contribution in [0.15, 0.2) is 39.4 Å². The molecule has 3 N–H and O–H groups in total. The molecule has 2 rings (SSSR count). The summed E-state index contributed by atoms with van der Waals surface area (Å²) in [6.07, 6.45) is 1.35. The minimum atomic E-state index is -0.349. The van der Waals surface area contributed by atoms with E-state index < -0.39 is 0 Å². The van der Waals surface area contributed by atoms with Crippen LogP contribution in [0.25, 0.3) is 0 Å². The molecule has 4 nitrogen and oxygen atoms in total. The quantitative estimate of drug-likeness (QED) is 0.791. The summed E-state index contributed by atoms with van der Waals surface area (Å²) in [6.45, 7) is 0. The molecule has 1 heterocycles. The number of carbonyl (C=O) groups is 1. The first kappa shape index (κ1) is 14.3. The first-order chi connectivity index (χ1) is 8.97. The van der Waals surface area contributed by atoms with Gasteiger partial charge in [0.1, 0.15) is 5.82 Å². The molecule has 7 heteroatoms. The molecule has 0 aliphatic carbocycles. The van der Waals surface area contributed by atoms with E-state index >= 15 is 0 Å². The van der Waals surface area contributed by atoms with Crippen molar-refractivity contribution in [2.75, 3.05) is 11.1 Å². The van der Waals surface area contributed by atoms with Gasteiger partial charge in [-0.2, -0.15) is 0 Å². The van der Waals surface area contributed by atoms with Crippen LogP contribution >= 0.6 is 43.5 Å². The van der Waals surface area contributed by atoms with Crippen molar-refractivity contribution in [2.24, 2.45) is 0 Å². The molecular formula is C12H8Br2ClN3O. The molecule has 1 aromatic carbocycles. The van der Waals surface area contributed by atoms with Gasteiger partial charge < -0.3 is 11.1 Å². The second-order valence-electron chi connectivity index (χ2n) is 3.67.